The van der Waals surface area contributed by atoms with Crippen molar-refractivity contribution in [2.24, 2.45) is 0 Å². The molecule has 0 aliphatic heterocycles. The molecule has 114 valence electrons. The number of aromatic nitrogens is 1. The van der Waals surface area contributed by atoms with Crippen LogP contribution in [-0.2, 0) is 6.54 Å². The third-order valence-corrected chi connectivity index (χ3v) is 4.00. The van der Waals surface area contributed by atoms with Gasteiger partial charge >= 0.3 is 0 Å². The minimum absolute atomic E-state index is 0.300. The molecule has 0 saturated carbocycles. The predicted molar refractivity (Wildman–Crippen MR) is 85.9 cm³/mol. The third-order valence-electron chi connectivity index (χ3n) is 3.24. The van der Waals surface area contributed by atoms with Gasteiger partial charge in [-0.15, -0.1) is 11.3 Å². The maximum absolute atomic E-state index is 10.1. The van der Waals surface area contributed by atoms with E-state index >= 15 is 0 Å². The molecule has 1 aromatic carbocycles. The molecule has 0 aliphatic carbocycles. The molecule has 2 aromatic rings. The quantitative estimate of drug-likeness (QED) is 0.854. The van der Waals surface area contributed by atoms with Crippen LogP contribution in [0.3, 0.4) is 0 Å². The Morgan fingerprint density at radius 2 is 2.05 bits per heavy atom. The fourth-order valence-corrected chi connectivity index (χ4v) is 2.94. The molecule has 21 heavy (non-hydrogen) atoms. The van der Waals surface area contributed by atoms with Crippen LogP contribution in [-0.4, -0.2) is 41.3 Å². The topological polar surface area (TPSA) is 45.6 Å². The van der Waals surface area contributed by atoms with Crippen LogP contribution in [0.2, 0.25) is 0 Å². The molecule has 5 heteroatoms. The van der Waals surface area contributed by atoms with Crippen molar-refractivity contribution >= 4 is 11.3 Å². The van der Waals surface area contributed by atoms with Crippen LogP contribution in [0.4, 0.5) is 0 Å². The lowest BCUT2D eigenvalue weighted by molar-refractivity contribution is 0.0738. The number of likely N-dealkylation sites (N-methyl/N-ethyl adjacent to an activating group) is 1. The summed E-state index contributed by atoms with van der Waals surface area (Å²) in [5.41, 5.74) is 2.19. The third kappa shape index (κ3) is 4.81. The second-order valence-electron chi connectivity index (χ2n) is 5.31. The highest BCUT2D eigenvalue weighted by Gasteiger charge is 2.12. The standard InChI is InChI=1S/C16H22N2O2S/c1-12-5-4-6-13(2)16(12)20-11-14(19)9-18(3)10-15-17-7-8-21-15/h4-8,14,19H,9-11H2,1-3H3. The van der Waals surface area contributed by atoms with E-state index in [4.69, 9.17) is 4.74 Å². The largest absolute Gasteiger partial charge is 0.490 e. The number of hydrogen-bond acceptors (Lipinski definition) is 5. The van der Waals surface area contributed by atoms with E-state index in [2.05, 4.69) is 9.88 Å². The molecule has 0 aliphatic rings. The fraction of sp³-hybridized carbons (Fsp3) is 0.438. The number of rotatable bonds is 7. The molecule has 4 nitrogen and oxygen atoms in total. The Hall–Kier alpha value is -1.43. The molecule has 2 rings (SSSR count). The Bertz CT molecular complexity index is 537. The van der Waals surface area contributed by atoms with Crippen LogP contribution in [0, 0.1) is 13.8 Å². The van der Waals surface area contributed by atoms with Gasteiger partial charge in [-0.25, -0.2) is 4.98 Å². The number of aliphatic hydroxyl groups excluding tert-OH is 1. The first-order valence-corrected chi connectivity index (χ1v) is 7.88. The second kappa shape index (κ2) is 7.54. The molecule has 0 amide bonds. The summed E-state index contributed by atoms with van der Waals surface area (Å²) in [7, 11) is 1.98. The zero-order valence-corrected chi connectivity index (χ0v) is 13.6. The summed E-state index contributed by atoms with van der Waals surface area (Å²) in [6.07, 6.45) is 1.28. The van der Waals surface area contributed by atoms with Gasteiger partial charge in [0.1, 0.15) is 23.5 Å². The Morgan fingerprint density at radius 1 is 1.33 bits per heavy atom. The van der Waals surface area contributed by atoms with Crippen molar-refractivity contribution < 1.29 is 9.84 Å². The number of ether oxygens (including phenoxy) is 1. The van der Waals surface area contributed by atoms with Crippen molar-refractivity contribution in [1.29, 1.82) is 0 Å². The molecule has 1 aromatic heterocycles. The number of aryl methyl sites for hydroxylation is 2. The van der Waals surface area contributed by atoms with Gasteiger partial charge in [0.2, 0.25) is 0 Å². The normalized spacial score (nSPS) is 12.6. The van der Waals surface area contributed by atoms with Gasteiger partial charge in [-0.2, -0.15) is 0 Å². The van der Waals surface area contributed by atoms with E-state index in [-0.39, 0.29) is 0 Å². The van der Waals surface area contributed by atoms with E-state index < -0.39 is 6.10 Å². The van der Waals surface area contributed by atoms with E-state index in [1.54, 1.807) is 17.5 Å². The van der Waals surface area contributed by atoms with Gasteiger partial charge in [-0.1, -0.05) is 18.2 Å². The SMILES string of the molecule is Cc1cccc(C)c1OCC(O)CN(C)Cc1nccs1. The van der Waals surface area contributed by atoms with Gasteiger partial charge in [0.25, 0.3) is 0 Å². The van der Waals surface area contributed by atoms with Crippen LogP contribution >= 0.6 is 11.3 Å². The van der Waals surface area contributed by atoms with Crippen molar-refractivity contribution in [2.45, 2.75) is 26.5 Å². The molecular weight excluding hydrogens is 284 g/mol. The number of nitrogens with zero attached hydrogens (tertiary/aromatic N) is 2. The van der Waals surface area contributed by atoms with Gasteiger partial charge in [0, 0.05) is 18.1 Å². The molecule has 0 saturated heterocycles. The van der Waals surface area contributed by atoms with E-state index in [1.165, 1.54) is 0 Å². The van der Waals surface area contributed by atoms with Gasteiger partial charge in [-0.05, 0) is 32.0 Å². The molecule has 1 atom stereocenters. The molecular formula is C16H22N2O2S. The Labute approximate surface area is 130 Å². The first-order valence-electron chi connectivity index (χ1n) is 7.00. The molecule has 0 spiro atoms. The number of aliphatic hydroxyl groups is 1. The minimum atomic E-state index is -0.519. The van der Waals surface area contributed by atoms with Crippen molar-refractivity contribution in [1.82, 2.24) is 9.88 Å². The first-order chi connectivity index (χ1) is 10.1. The Morgan fingerprint density at radius 3 is 2.67 bits per heavy atom. The van der Waals surface area contributed by atoms with Crippen LogP contribution in [0.1, 0.15) is 16.1 Å². The molecule has 0 fully saturated rings. The molecule has 0 radical (unpaired) electrons. The molecule has 1 N–H and O–H groups in total. The van der Waals surface area contributed by atoms with E-state index in [9.17, 15) is 5.11 Å². The monoisotopic (exact) mass is 306 g/mol. The van der Waals surface area contributed by atoms with E-state index in [0.717, 1.165) is 28.4 Å². The predicted octanol–water partition coefficient (Wildman–Crippen LogP) is 2.63. The maximum atomic E-state index is 10.1. The highest BCUT2D eigenvalue weighted by atomic mass is 32.1. The summed E-state index contributed by atoms with van der Waals surface area (Å²) >= 11 is 1.63. The van der Waals surface area contributed by atoms with Crippen LogP contribution in [0.25, 0.3) is 0 Å². The zero-order valence-electron chi connectivity index (χ0n) is 12.7. The Balaban J connectivity index is 1.80. The average Bonchev–Trinajstić information content (AvgIpc) is 2.90. The summed E-state index contributed by atoms with van der Waals surface area (Å²) in [6.45, 7) is 5.64. The minimum Gasteiger partial charge on any atom is -0.490 e. The van der Waals surface area contributed by atoms with Gasteiger partial charge < -0.3 is 9.84 Å². The summed E-state index contributed by atoms with van der Waals surface area (Å²) in [6, 6.07) is 6.04. The lowest BCUT2D eigenvalue weighted by Crippen LogP contribution is -2.32. The summed E-state index contributed by atoms with van der Waals surface area (Å²) in [5.74, 6) is 0.874. The lowest BCUT2D eigenvalue weighted by Gasteiger charge is -2.20. The number of hydrogen-bond donors (Lipinski definition) is 1. The zero-order chi connectivity index (χ0) is 15.2. The van der Waals surface area contributed by atoms with Gasteiger partial charge in [0.15, 0.2) is 0 Å². The number of benzene rings is 1. The van der Waals surface area contributed by atoms with Crippen molar-refractivity contribution in [3.63, 3.8) is 0 Å². The summed E-state index contributed by atoms with van der Waals surface area (Å²) < 4.78 is 5.78. The fourth-order valence-electron chi connectivity index (χ4n) is 2.25. The highest BCUT2D eigenvalue weighted by molar-refractivity contribution is 7.09. The smallest absolute Gasteiger partial charge is 0.125 e. The Kier molecular flexibility index (Phi) is 5.73. The summed E-state index contributed by atoms with van der Waals surface area (Å²) in [4.78, 5) is 6.30. The molecule has 1 unspecified atom stereocenters. The lowest BCUT2D eigenvalue weighted by atomic mass is 10.1. The molecule has 0 bridgehead atoms. The maximum Gasteiger partial charge on any atom is 0.125 e. The highest BCUT2D eigenvalue weighted by Crippen LogP contribution is 2.22. The van der Waals surface area contributed by atoms with Crippen molar-refractivity contribution in [3.8, 4) is 5.75 Å². The summed E-state index contributed by atoms with van der Waals surface area (Å²) in [5, 5.41) is 13.1. The first kappa shape index (κ1) is 15.9. The average molecular weight is 306 g/mol. The van der Waals surface area contributed by atoms with E-state index in [0.29, 0.717) is 13.2 Å². The van der Waals surface area contributed by atoms with Gasteiger partial charge in [0.05, 0.1) is 6.54 Å². The molecule has 1 heterocycles. The van der Waals surface area contributed by atoms with Gasteiger partial charge in [-0.3, -0.25) is 4.90 Å². The number of para-hydroxylation sites is 1. The van der Waals surface area contributed by atoms with Crippen LogP contribution in [0.5, 0.6) is 5.75 Å². The van der Waals surface area contributed by atoms with E-state index in [1.807, 2.05) is 44.5 Å². The second-order valence-corrected chi connectivity index (χ2v) is 6.29. The van der Waals surface area contributed by atoms with Crippen molar-refractivity contribution in [3.05, 3.63) is 45.9 Å². The van der Waals surface area contributed by atoms with Crippen LogP contribution < -0.4 is 4.74 Å². The van der Waals surface area contributed by atoms with Crippen molar-refractivity contribution in [2.75, 3.05) is 20.2 Å². The van der Waals surface area contributed by atoms with Crippen LogP contribution in [0.15, 0.2) is 29.8 Å². The number of thiazole rings is 1.